The molecule has 2 saturated heterocycles. The van der Waals surface area contributed by atoms with Gasteiger partial charge < -0.3 is 15.1 Å². The molecule has 2 aliphatic rings. The van der Waals surface area contributed by atoms with Crippen molar-refractivity contribution in [2.75, 3.05) is 26.7 Å². The summed E-state index contributed by atoms with van der Waals surface area (Å²) in [5.41, 5.74) is 2.64. The summed E-state index contributed by atoms with van der Waals surface area (Å²) < 4.78 is 0. The van der Waals surface area contributed by atoms with Crippen LogP contribution in [0.2, 0.25) is 0 Å². The largest absolute Gasteiger partial charge is 0.353 e. The normalized spacial score (nSPS) is 22.8. The second kappa shape index (κ2) is 9.38. The van der Waals surface area contributed by atoms with E-state index in [0.29, 0.717) is 32.5 Å². The maximum atomic E-state index is 13.5. The van der Waals surface area contributed by atoms with Gasteiger partial charge in [-0.1, -0.05) is 54.6 Å². The third kappa shape index (κ3) is 4.80. The molecule has 2 aromatic rings. The van der Waals surface area contributed by atoms with Crippen LogP contribution in [0.25, 0.3) is 11.1 Å². The lowest BCUT2D eigenvalue weighted by Gasteiger charge is -2.30. The predicted octanol–water partition coefficient (Wildman–Crippen LogP) is 3.12. The molecule has 2 heterocycles. The quantitative estimate of drug-likeness (QED) is 0.740. The highest BCUT2D eigenvalue weighted by molar-refractivity contribution is 5.91. The van der Waals surface area contributed by atoms with Crippen LogP contribution in [0.3, 0.4) is 0 Å². The molecular formula is C27H33N3O3. The lowest BCUT2D eigenvalue weighted by atomic mass is 9.78. The maximum absolute atomic E-state index is 13.5. The van der Waals surface area contributed by atoms with Gasteiger partial charge in [-0.05, 0) is 43.4 Å². The number of carbonyl (C=O) groups is 3. The van der Waals surface area contributed by atoms with Crippen LogP contribution in [-0.4, -0.2) is 60.2 Å². The average molecular weight is 448 g/mol. The van der Waals surface area contributed by atoms with E-state index in [9.17, 15) is 14.4 Å². The molecule has 0 saturated carbocycles. The summed E-state index contributed by atoms with van der Waals surface area (Å²) in [7, 11) is 1.74. The number of hydrogen-bond donors (Lipinski definition) is 1. The fourth-order valence-electron chi connectivity index (χ4n) is 5.11. The standard InChI is InChI=1S/C27H33N3O3/c1-19(2)28-26(33)27(13-14-30(18-27)25(32)22-15-24(31)29(3)17-22)16-21-11-7-8-12-23(21)20-9-5-4-6-10-20/h4-12,19,22H,13-18H2,1-3H3,(H,28,33)/t22-,27-/m0/s1. The number of benzene rings is 2. The van der Waals surface area contributed by atoms with Crippen molar-refractivity contribution in [3.8, 4) is 11.1 Å². The van der Waals surface area contributed by atoms with Gasteiger partial charge in [0.05, 0.1) is 11.3 Å². The number of carbonyl (C=O) groups excluding carboxylic acids is 3. The van der Waals surface area contributed by atoms with Crippen LogP contribution in [-0.2, 0) is 20.8 Å². The SMILES string of the molecule is CC(C)NC(=O)[C@]1(Cc2ccccc2-c2ccccc2)CCN(C(=O)[C@H]2CC(=O)N(C)C2)C1. The van der Waals surface area contributed by atoms with E-state index in [4.69, 9.17) is 0 Å². The Bertz CT molecular complexity index is 1040. The monoisotopic (exact) mass is 447 g/mol. The number of amides is 3. The Kier molecular flexibility index (Phi) is 6.54. The molecule has 2 aromatic carbocycles. The summed E-state index contributed by atoms with van der Waals surface area (Å²) >= 11 is 0. The van der Waals surface area contributed by atoms with Crippen molar-refractivity contribution in [3.05, 3.63) is 60.2 Å². The highest BCUT2D eigenvalue weighted by Crippen LogP contribution is 2.38. The molecule has 3 amide bonds. The molecular weight excluding hydrogens is 414 g/mol. The zero-order chi connectivity index (χ0) is 23.6. The van der Waals surface area contributed by atoms with E-state index in [1.54, 1.807) is 11.9 Å². The van der Waals surface area contributed by atoms with Gasteiger partial charge in [-0.3, -0.25) is 14.4 Å². The summed E-state index contributed by atoms with van der Waals surface area (Å²) in [4.78, 5) is 42.1. The van der Waals surface area contributed by atoms with Gasteiger partial charge in [-0.2, -0.15) is 0 Å². The van der Waals surface area contributed by atoms with E-state index in [1.165, 1.54) is 0 Å². The van der Waals surface area contributed by atoms with Crippen LogP contribution >= 0.6 is 0 Å². The van der Waals surface area contributed by atoms with Gasteiger partial charge in [0.1, 0.15) is 0 Å². The minimum Gasteiger partial charge on any atom is -0.353 e. The maximum Gasteiger partial charge on any atom is 0.228 e. The van der Waals surface area contributed by atoms with Gasteiger partial charge in [-0.25, -0.2) is 0 Å². The second-order valence-corrected chi connectivity index (χ2v) is 9.79. The van der Waals surface area contributed by atoms with Crippen molar-refractivity contribution in [1.29, 1.82) is 0 Å². The van der Waals surface area contributed by atoms with Crippen LogP contribution in [0.1, 0.15) is 32.3 Å². The van der Waals surface area contributed by atoms with Crippen LogP contribution < -0.4 is 5.32 Å². The average Bonchev–Trinajstić information content (AvgIpc) is 3.38. The van der Waals surface area contributed by atoms with Crippen molar-refractivity contribution >= 4 is 17.7 Å². The van der Waals surface area contributed by atoms with Crippen molar-refractivity contribution in [2.24, 2.45) is 11.3 Å². The molecule has 33 heavy (non-hydrogen) atoms. The van der Waals surface area contributed by atoms with Crippen molar-refractivity contribution in [3.63, 3.8) is 0 Å². The molecule has 6 heteroatoms. The topological polar surface area (TPSA) is 69.7 Å². The summed E-state index contributed by atoms with van der Waals surface area (Å²) in [5, 5.41) is 3.11. The molecule has 0 spiro atoms. The molecule has 174 valence electrons. The van der Waals surface area contributed by atoms with E-state index in [1.807, 2.05) is 49.1 Å². The lowest BCUT2D eigenvalue weighted by Crippen LogP contribution is -2.48. The van der Waals surface area contributed by atoms with E-state index < -0.39 is 5.41 Å². The van der Waals surface area contributed by atoms with E-state index in [0.717, 1.165) is 16.7 Å². The Morgan fingerprint density at radius 3 is 2.45 bits per heavy atom. The van der Waals surface area contributed by atoms with Crippen molar-refractivity contribution in [1.82, 2.24) is 15.1 Å². The van der Waals surface area contributed by atoms with Gasteiger partial charge in [-0.15, -0.1) is 0 Å². The highest BCUT2D eigenvalue weighted by Gasteiger charge is 2.48. The van der Waals surface area contributed by atoms with E-state index in [2.05, 4.69) is 29.6 Å². The summed E-state index contributed by atoms with van der Waals surface area (Å²) in [5.74, 6) is -0.324. The molecule has 0 radical (unpaired) electrons. The minimum absolute atomic E-state index is 0.00437. The predicted molar refractivity (Wildman–Crippen MR) is 128 cm³/mol. The number of likely N-dealkylation sites (tertiary alicyclic amines) is 2. The van der Waals surface area contributed by atoms with Gasteiger partial charge in [0, 0.05) is 39.1 Å². The zero-order valence-electron chi connectivity index (χ0n) is 19.7. The number of rotatable bonds is 6. The molecule has 0 aromatic heterocycles. The summed E-state index contributed by atoms with van der Waals surface area (Å²) in [6.45, 7) is 5.28. The molecule has 2 atom stereocenters. The first-order valence-electron chi connectivity index (χ1n) is 11.8. The fraction of sp³-hybridized carbons (Fsp3) is 0.444. The molecule has 0 bridgehead atoms. The van der Waals surface area contributed by atoms with Crippen molar-refractivity contribution in [2.45, 2.75) is 39.2 Å². The molecule has 0 aliphatic carbocycles. The summed E-state index contributed by atoms with van der Waals surface area (Å²) in [6, 6.07) is 18.4. The van der Waals surface area contributed by atoms with Crippen LogP contribution in [0.15, 0.2) is 54.6 Å². The third-order valence-electron chi connectivity index (χ3n) is 6.89. The Balaban J connectivity index is 1.62. The van der Waals surface area contributed by atoms with Gasteiger partial charge >= 0.3 is 0 Å². The Morgan fingerprint density at radius 1 is 1.09 bits per heavy atom. The zero-order valence-corrected chi connectivity index (χ0v) is 19.7. The Hall–Kier alpha value is -3.15. The molecule has 0 unspecified atom stereocenters. The van der Waals surface area contributed by atoms with Crippen LogP contribution in [0, 0.1) is 11.3 Å². The third-order valence-corrected chi connectivity index (χ3v) is 6.89. The van der Waals surface area contributed by atoms with E-state index in [-0.39, 0.29) is 36.1 Å². The smallest absolute Gasteiger partial charge is 0.228 e. The highest BCUT2D eigenvalue weighted by atomic mass is 16.2. The number of hydrogen-bond acceptors (Lipinski definition) is 3. The first-order valence-corrected chi connectivity index (χ1v) is 11.8. The molecule has 2 aliphatic heterocycles. The minimum atomic E-state index is -0.695. The van der Waals surface area contributed by atoms with E-state index >= 15 is 0 Å². The van der Waals surface area contributed by atoms with Gasteiger partial charge in [0.15, 0.2) is 0 Å². The number of nitrogens with one attached hydrogen (secondary N) is 1. The Morgan fingerprint density at radius 2 is 1.79 bits per heavy atom. The van der Waals surface area contributed by atoms with Crippen LogP contribution in [0.5, 0.6) is 0 Å². The first kappa shape index (κ1) is 23.0. The number of nitrogens with zero attached hydrogens (tertiary/aromatic N) is 2. The molecule has 4 rings (SSSR count). The second-order valence-electron chi connectivity index (χ2n) is 9.79. The summed E-state index contributed by atoms with van der Waals surface area (Å²) in [6.07, 6.45) is 1.43. The first-order chi connectivity index (χ1) is 15.8. The Labute approximate surface area is 196 Å². The van der Waals surface area contributed by atoms with Gasteiger partial charge in [0.25, 0.3) is 0 Å². The van der Waals surface area contributed by atoms with Crippen molar-refractivity contribution < 1.29 is 14.4 Å². The van der Waals surface area contributed by atoms with Crippen LogP contribution in [0.4, 0.5) is 0 Å². The molecule has 6 nitrogen and oxygen atoms in total. The van der Waals surface area contributed by atoms with Gasteiger partial charge in [0.2, 0.25) is 17.7 Å². The fourth-order valence-corrected chi connectivity index (χ4v) is 5.11. The molecule has 2 fully saturated rings. The molecule has 1 N–H and O–H groups in total. The lowest BCUT2D eigenvalue weighted by molar-refractivity contribution is -0.136.